The number of esters is 1. The van der Waals surface area contributed by atoms with Crippen molar-refractivity contribution in [2.24, 2.45) is 0 Å². The monoisotopic (exact) mass is 439 g/mol. The highest BCUT2D eigenvalue weighted by Gasteiger charge is 2.31. The van der Waals surface area contributed by atoms with Crippen LogP contribution in [0.4, 0.5) is 5.69 Å². The Morgan fingerprint density at radius 1 is 1.00 bits per heavy atom. The van der Waals surface area contributed by atoms with Crippen LogP contribution >= 0.6 is 0 Å². The zero-order valence-electron chi connectivity index (χ0n) is 18.5. The van der Waals surface area contributed by atoms with E-state index in [1.54, 1.807) is 35.2 Å². The molecule has 7 heteroatoms. The fourth-order valence-corrected chi connectivity index (χ4v) is 3.99. The minimum Gasteiger partial charge on any atom is -0.422 e. The Morgan fingerprint density at radius 2 is 1.73 bits per heavy atom. The average molecular weight is 439 g/mol. The fourth-order valence-electron chi connectivity index (χ4n) is 3.99. The number of rotatable bonds is 4. The summed E-state index contributed by atoms with van der Waals surface area (Å²) in [5.74, 6) is 0.142. The lowest BCUT2D eigenvalue weighted by molar-refractivity contribution is 0.0723. The van der Waals surface area contributed by atoms with E-state index in [9.17, 15) is 9.59 Å². The lowest BCUT2D eigenvalue weighted by Crippen LogP contribution is -2.23. The van der Waals surface area contributed by atoms with Crippen LogP contribution in [-0.2, 0) is 6.54 Å². The molecule has 2 aromatic heterocycles. The summed E-state index contributed by atoms with van der Waals surface area (Å²) in [5, 5.41) is 3.83. The van der Waals surface area contributed by atoms with Crippen LogP contribution < -0.4 is 9.64 Å². The molecule has 7 nitrogen and oxygen atoms in total. The SMILES string of the molecule is Cc1ccc(-c2cc(C(=O)Oc3ccc(N4Cc5cc(C)nc(C)c5C4=O)cc3)no2)cc1. The van der Waals surface area contributed by atoms with Gasteiger partial charge in [0, 0.05) is 23.0 Å². The van der Waals surface area contributed by atoms with Crippen molar-refractivity contribution in [3.05, 3.63) is 94.4 Å². The summed E-state index contributed by atoms with van der Waals surface area (Å²) < 4.78 is 10.7. The molecule has 5 rings (SSSR count). The molecule has 3 heterocycles. The number of pyridine rings is 1. The molecule has 4 aromatic rings. The molecule has 0 radical (unpaired) electrons. The normalized spacial score (nSPS) is 12.7. The summed E-state index contributed by atoms with van der Waals surface area (Å²) in [5.41, 5.74) is 6.01. The largest absolute Gasteiger partial charge is 0.422 e. The third-order valence-electron chi connectivity index (χ3n) is 5.61. The van der Waals surface area contributed by atoms with E-state index in [2.05, 4.69) is 10.1 Å². The van der Waals surface area contributed by atoms with Gasteiger partial charge in [-0.2, -0.15) is 0 Å². The Hall–Kier alpha value is -4.26. The van der Waals surface area contributed by atoms with Crippen LogP contribution in [0.3, 0.4) is 0 Å². The number of benzene rings is 2. The first-order valence-corrected chi connectivity index (χ1v) is 10.5. The third-order valence-corrected chi connectivity index (χ3v) is 5.61. The minimum atomic E-state index is -0.619. The first-order valence-electron chi connectivity index (χ1n) is 10.5. The van der Waals surface area contributed by atoms with Gasteiger partial charge < -0.3 is 14.2 Å². The number of carbonyl (C=O) groups is 2. The molecule has 0 N–H and O–H groups in total. The molecule has 0 spiro atoms. The number of carbonyl (C=O) groups excluding carboxylic acids is 2. The zero-order chi connectivity index (χ0) is 23.1. The van der Waals surface area contributed by atoms with Gasteiger partial charge in [-0.05, 0) is 56.7 Å². The van der Waals surface area contributed by atoms with Gasteiger partial charge in [-0.25, -0.2) is 4.79 Å². The summed E-state index contributed by atoms with van der Waals surface area (Å²) in [6, 6.07) is 18.0. The quantitative estimate of drug-likeness (QED) is 0.327. The number of aryl methyl sites for hydroxylation is 3. The van der Waals surface area contributed by atoms with Gasteiger partial charge in [-0.15, -0.1) is 0 Å². The van der Waals surface area contributed by atoms with Gasteiger partial charge in [-0.3, -0.25) is 9.78 Å². The van der Waals surface area contributed by atoms with Crippen molar-refractivity contribution in [3.8, 4) is 17.1 Å². The molecule has 2 aromatic carbocycles. The predicted octanol–water partition coefficient (Wildman–Crippen LogP) is 5.04. The van der Waals surface area contributed by atoms with E-state index in [1.807, 2.05) is 51.1 Å². The lowest BCUT2D eigenvalue weighted by Gasteiger charge is -2.16. The number of nitrogens with zero attached hydrogens (tertiary/aromatic N) is 3. The van der Waals surface area contributed by atoms with Crippen molar-refractivity contribution in [3.63, 3.8) is 0 Å². The second kappa shape index (κ2) is 8.02. The first-order chi connectivity index (χ1) is 15.9. The topological polar surface area (TPSA) is 85.5 Å². The molecular weight excluding hydrogens is 418 g/mol. The highest BCUT2D eigenvalue weighted by molar-refractivity contribution is 6.10. The standard InChI is InChI=1S/C26H21N3O4/c1-15-4-6-18(7-5-15)23-13-22(28-33-23)26(31)32-21-10-8-20(9-11-21)29-14-19-12-16(2)27-17(3)24(19)25(29)30/h4-13H,14H2,1-3H3. The van der Waals surface area contributed by atoms with Crippen molar-refractivity contribution in [1.29, 1.82) is 0 Å². The Kier molecular flexibility index (Phi) is 5.01. The maximum atomic E-state index is 12.9. The minimum absolute atomic E-state index is 0.0778. The van der Waals surface area contributed by atoms with Crippen LogP contribution in [0.5, 0.6) is 5.75 Å². The molecule has 164 valence electrons. The molecule has 0 saturated carbocycles. The fraction of sp³-hybridized carbons (Fsp3) is 0.154. The van der Waals surface area contributed by atoms with Gasteiger partial charge in [0.2, 0.25) is 0 Å². The predicted molar refractivity (Wildman–Crippen MR) is 122 cm³/mol. The number of fused-ring (bicyclic) bond motifs is 1. The highest BCUT2D eigenvalue weighted by atomic mass is 16.5. The number of aromatic nitrogens is 2. The van der Waals surface area contributed by atoms with Crippen LogP contribution in [0, 0.1) is 20.8 Å². The van der Waals surface area contributed by atoms with E-state index < -0.39 is 5.97 Å². The van der Waals surface area contributed by atoms with Gasteiger partial charge in [0.05, 0.1) is 17.8 Å². The molecule has 0 saturated heterocycles. The van der Waals surface area contributed by atoms with Crippen molar-refractivity contribution >= 4 is 17.6 Å². The molecule has 1 aliphatic rings. The number of ether oxygens (including phenoxy) is 1. The third kappa shape index (κ3) is 3.89. The number of anilines is 1. The molecule has 1 amide bonds. The number of hydrogen-bond acceptors (Lipinski definition) is 6. The molecule has 1 aliphatic heterocycles. The van der Waals surface area contributed by atoms with Crippen LogP contribution in [0.25, 0.3) is 11.3 Å². The Morgan fingerprint density at radius 3 is 2.45 bits per heavy atom. The number of amides is 1. The van der Waals surface area contributed by atoms with E-state index >= 15 is 0 Å². The van der Waals surface area contributed by atoms with Crippen LogP contribution in [0.15, 0.2) is 65.2 Å². The summed E-state index contributed by atoms with van der Waals surface area (Å²) in [4.78, 5) is 31.5. The van der Waals surface area contributed by atoms with Crippen LogP contribution in [0.1, 0.15) is 43.4 Å². The van der Waals surface area contributed by atoms with Gasteiger partial charge in [0.25, 0.3) is 5.91 Å². The van der Waals surface area contributed by atoms with Crippen molar-refractivity contribution in [2.75, 3.05) is 4.90 Å². The van der Waals surface area contributed by atoms with Crippen LogP contribution in [0.2, 0.25) is 0 Å². The smallest absolute Gasteiger partial charge is 0.365 e. The Labute approximate surface area is 190 Å². The molecule has 0 aliphatic carbocycles. The van der Waals surface area contributed by atoms with Gasteiger partial charge in [0.15, 0.2) is 11.5 Å². The summed E-state index contributed by atoms with van der Waals surface area (Å²) in [7, 11) is 0. The van der Waals surface area contributed by atoms with Gasteiger partial charge in [0.1, 0.15) is 5.75 Å². The zero-order valence-corrected chi connectivity index (χ0v) is 18.5. The van der Waals surface area contributed by atoms with Gasteiger partial charge in [-0.1, -0.05) is 35.0 Å². The van der Waals surface area contributed by atoms with Crippen molar-refractivity contribution in [1.82, 2.24) is 10.1 Å². The van der Waals surface area contributed by atoms with Gasteiger partial charge >= 0.3 is 5.97 Å². The van der Waals surface area contributed by atoms with E-state index in [4.69, 9.17) is 9.26 Å². The van der Waals surface area contributed by atoms with E-state index in [0.29, 0.717) is 23.6 Å². The Balaban J connectivity index is 1.29. The average Bonchev–Trinajstić information content (AvgIpc) is 3.40. The molecule has 0 fully saturated rings. The summed E-state index contributed by atoms with van der Waals surface area (Å²) in [6.07, 6.45) is 0. The first kappa shape index (κ1) is 20.6. The summed E-state index contributed by atoms with van der Waals surface area (Å²) >= 11 is 0. The lowest BCUT2D eigenvalue weighted by atomic mass is 10.1. The van der Waals surface area contributed by atoms with Crippen molar-refractivity contribution < 1.29 is 18.8 Å². The highest BCUT2D eigenvalue weighted by Crippen LogP contribution is 2.31. The molecule has 0 atom stereocenters. The van der Waals surface area contributed by atoms with E-state index in [-0.39, 0.29) is 11.6 Å². The maximum Gasteiger partial charge on any atom is 0.365 e. The van der Waals surface area contributed by atoms with Crippen LogP contribution in [-0.4, -0.2) is 22.0 Å². The molecule has 33 heavy (non-hydrogen) atoms. The number of hydrogen-bond donors (Lipinski definition) is 0. The molecule has 0 bridgehead atoms. The second-order valence-electron chi connectivity index (χ2n) is 8.10. The summed E-state index contributed by atoms with van der Waals surface area (Å²) in [6.45, 7) is 6.25. The second-order valence-corrected chi connectivity index (χ2v) is 8.10. The maximum absolute atomic E-state index is 12.9. The van der Waals surface area contributed by atoms with E-state index in [0.717, 1.165) is 33.8 Å². The molecular formula is C26H21N3O4. The molecule has 0 unspecified atom stereocenters. The van der Waals surface area contributed by atoms with Crippen molar-refractivity contribution in [2.45, 2.75) is 27.3 Å². The Bertz CT molecular complexity index is 1370. The van der Waals surface area contributed by atoms with E-state index in [1.165, 1.54) is 0 Å².